The lowest BCUT2D eigenvalue weighted by Crippen LogP contribution is -2.33. The Labute approximate surface area is 112 Å². The lowest BCUT2D eigenvalue weighted by atomic mass is 9.64. The molecule has 4 unspecified atom stereocenters. The Kier molecular flexibility index (Phi) is 4.27. The van der Waals surface area contributed by atoms with Gasteiger partial charge in [0.25, 0.3) is 0 Å². The van der Waals surface area contributed by atoms with Gasteiger partial charge in [-0.05, 0) is 61.5 Å². The normalized spacial score (nSPS) is 32.9. The van der Waals surface area contributed by atoms with Crippen molar-refractivity contribution in [2.45, 2.75) is 40.5 Å². The highest BCUT2D eigenvalue weighted by molar-refractivity contribution is 5.23. The van der Waals surface area contributed by atoms with Crippen LogP contribution in [0.25, 0.3) is 0 Å². The fourth-order valence-corrected chi connectivity index (χ4v) is 3.18. The summed E-state index contributed by atoms with van der Waals surface area (Å²) >= 11 is 0. The summed E-state index contributed by atoms with van der Waals surface area (Å²) in [5, 5.41) is 0. The fourth-order valence-electron chi connectivity index (χ4n) is 3.18. The second-order valence-electron chi connectivity index (χ2n) is 6.09. The van der Waals surface area contributed by atoms with E-state index in [4.69, 9.17) is 0 Å². The molecule has 0 heteroatoms. The Bertz CT molecular complexity index is 377. The molecule has 1 fully saturated rings. The van der Waals surface area contributed by atoms with Gasteiger partial charge >= 0.3 is 0 Å². The molecule has 1 saturated carbocycles. The monoisotopic (exact) mass is 242 g/mol. The maximum Gasteiger partial charge on any atom is -0.0205 e. The van der Waals surface area contributed by atoms with Crippen LogP contribution >= 0.6 is 0 Å². The van der Waals surface area contributed by atoms with Crippen LogP contribution in [-0.2, 0) is 0 Å². The van der Waals surface area contributed by atoms with Crippen molar-refractivity contribution >= 4 is 0 Å². The Morgan fingerprint density at radius 2 is 1.17 bits per heavy atom. The third-order valence-corrected chi connectivity index (χ3v) is 5.04. The fraction of sp³-hybridized carbons (Fsp3) is 0.556. The number of allylic oxidation sites excluding steroid dienone is 2. The van der Waals surface area contributed by atoms with Crippen LogP contribution in [0.1, 0.15) is 37.8 Å². The largest absolute Gasteiger partial charge is 0.0849 e. The molecule has 4 atom stereocenters. The highest BCUT2D eigenvalue weighted by Crippen LogP contribution is 2.43. The van der Waals surface area contributed by atoms with Gasteiger partial charge in [-0.25, -0.2) is 0 Å². The van der Waals surface area contributed by atoms with E-state index in [1.807, 2.05) is 0 Å². The van der Waals surface area contributed by atoms with Crippen LogP contribution in [-0.4, -0.2) is 0 Å². The summed E-state index contributed by atoms with van der Waals surface area (Å²) in [5.74, 6) is 3.73. The first-order chi connectivity index (χ1) is 8.59. The van der Waals surface area contributed by atoms with Crippen LogP contribution in [0.3, 0.4) is 0 Å². The molecular formula is C18H26. The van der Waals surface area contributed by atoms with Crippen molar-refractivity contribution in [2.24, 2.45) is 23.7 Å². The zero-order valence-electron chi connectivity index (χ0n) is 12.2. The highest BCUT2D eigenvalue weighted by atomic mass is 14.4. The summed E-state index contributed by atoms with van der Waals surface area (Å²) in [7, 11) is 0. The number of benzene rings is 1. The molecule has 1 aromatic rings. The van der Waals surface area contributed by atoms with Crippen LogP contribution in [0.5, 0.6) is 0 Å². The first kappa shape index (κ1) is 13.4. The molecule has 0 aromatic heterocycles. The molecule has 2 bridgehead atoms. The van der Waals surface area contributed by atoms with Gasteiger partial charge in [-0.1, -0.05) is 50.3 Å². The Hall–Kier alpha value is -1.04. The van der Waals surface area contributed by atoms with E-state index >= 15 is 0 Å². The minimum Gasteiger partial charge on any atom is -0.0849 e. The summed E-state index contributed by atoms with van der Waals surface area (Å²) in [4.78, 5) is 0. The molecule has 18 heavy (non-hydrogen) atoms. The topological polar surface area (TPSA) is 0 Å². The van der Waals surface area contributed by atoms with Gasteiger partial charge in [0.05, 0.1) is 0 Å². The van der Waals surface area contributed by atoms with Gasteiger partial charge in [0.15, 0.2) is 0 Å². The van der Waals surface area contributed by atoms with Gasteiger partial charge in [-0.15, -0.1) is 0 Å². The second kappa shape index (κ2) is 5.73. The van der Waals surface area contributed by atoms with Crippen molar-refractivity contribution in [2.75, 3.05) is 0 Å². The summed E-state index contributed by atoms with van der Waals surface area (Å²) in [5.41, 5.74) is 2.74. The van der Waals surface area contributed by atoms with Gasteiger partial charge in [0.1, 0.15) is 0 Å². The van der Waals surface area contributed by atoms with Crippen molar-refractivity contribution in [3.63, 3.8) is 0 Å². The Morgan fingerprint density at radius 3 is 1.39 bits per heavy atom. The SMILES string of the molecule is CC1C2C=CC(CC2)C1C.Cc1ccccc1C. The number of aryl methyl sites for hydroxylation is 2. The number of rotatable bonds is 0. The van der Waals surface area contributed by atoms with Gasteiger partial charge < -0.3 is 0 Å². The predicted molar refractivity (Wildman–Crippen MR) is 79.6 cm³/mol. The molecule has 0 heterocycles. The Balaban J connectivity index is 0.000000138. The van der Waals surface area contributed by atoms with Crippen LogP contribution in [0, 0.1) is 37.5 Å². The molecule has 0 nitrogen and oxygen atoms in total. The molecule has 0 spiro atoms. The average molecular weight is 242 g/mol. The van der Waals surface area contributed by atoms with Crippen LogP contribution in [0.15, 0.2) is 36.4 Å². The zero-order chi connectivity index (χ0) is 13.1. The summed E-state index contributed by atoms with van der Waals surface area (Å²) < 4.78 is 0. The van der Waals surface area contributed by atoms with E-state index in [2.05, 4.69) is 64.1 Å². The van der Waals surface area contributed by atoms with Gasteiger partial charge in [-0.2, -0.15) is 0 Å². The predicted octanol–water partition coefficient (Wildman–Crippen LogP) is 5.16. The third-order valence-electron chi connectivity index (χ3n) is 5.04. The van der Waals surface area contributed by atoms with Crippen molar-refractivity contribution in [3.8, 4) is 0 Å². The smallest absolute Gasteiger partial charge is 0.0205 e. The van der Waals surface area contributed by atoms with Crippen molar-refractivity contribution in [1.82, 2.24) is 0 Å². The maximum atomic E-state index is 2.44. The molecule has 98 valence electrons. The molecule has 0 radical (unpaired) electrons. The summed E-state index contributed by atoms with van der Waals surface area (Å²) in [6, 6.07) is 8.36. The van der Waals surface area contributed by atoms with Gasteiger partial charge in [0.2, 0.25) is 0 Å². The zero-order valence-corrected chi connectivity index (χ0v) is 12.2. The lowest BCUT2D eigenvalue weighted by Gasteiger charge is -2.41. The average Bonchev–Trinajstić information content (AvgIpc) is 2.40. The molecule has 3 aliphatic carbocycles. The standard InChI is InChI=1S/C10H16.C8H10/c1-7-8(2)10-5-3-9(7)4-6-10;1-7-5-3-4-6-8(7)2/h3,5,7-10H,4,6H2,1-2H3;3-6H,1-2H3. The molecule has 0 amide bonds. The van der Waals surface area contributed by atoms with Crippen LogP contribution in [0.2, 0.25) is 0 Å². The quantitative estimate of drug-likeness (QED) is 0.551. The van der Waals surface area contributed by atoms with Gasteiger partial charge in [-0.3, -0.25) is 0 Å². The first-order valence-corrected chi connectivity index (χ1v) is 7.30. The number of hydrogen-bond donors (Lipinski definition) is 0. The molecule has 4 rings (SSSR count). The van der Waals surface area contributed by atoms with E-state index < -0.39 is 0 Å². The van der Waals surface area contributed by atoms with E-state index in [0.717, 1.165) is 23.7 Å². The van der Waals surface area contributed by atoms with Crippen molar-refractivity contribution in [1.29, 1.82) is 0 Å². The first-order valence-electron chi connectivity index (χ1n) is 7.30. The second-order valence-corrected chi connectivity index (χ2v) is 6.09. The lowest BCUT2D eigenvalue weighted by molar-refractivity contribution is 0.152. The van der Waals surface area contributed by atoms with Crippen LogP contribution < -0.4 is 0 Å². The molecule has 0 saturated heterocycles. The van der Waals surface area contributed by atoms with E-state index in [9.17, 15) is 0 Å². The number of fused-ring (bicyclic) bond motifs is 2. The van der Waals surface area contributed by atoms with E-state index in [1.165, 1.54) is 24.0 Å². The van der Waals surface area contributed by atoms with E-state index in [0.29, 0.717) is 0 Å². The van der Waals surface area contributed by atoms with Crippen molar-refractivity contribution < 1.29 is 0 Å². The molecule has 0 aliphatic heterocycles. The van der Waals surface area contributed by atoms with Crippen molar-refractivity contribution in [3.05, 3.63) is 47.5 Å². The minimum atomic E-state index is 0.917. The minimum absolute atomic E-state index is 0.917. The third kappa shape index (κ3) is 2.85. The Morgan fingerprint density at radius 1 is 0.778 bits per heavy atom. The summed E-state index contributed by atoms with van der Waals surface area (Å²) in [6.45, 7) is 9.06. The number of hydrogen-bond acceptors (Lipinski definition) is 0. The summed E-state index contributed by atoms with van der Waals surface area (Å²) in [6.07, 6.45) is 7.79. The highest BCUT2D eigenvalue weighted by Gasteiger charge is 2.34. The van der Waals surface area contributed by atoms with Gasteiger partial charge in [0, 0.05) is 0 Å². The van der Waals surface area contributed by atoms with Crippen LogP contribution in [0.4, 0.5) is 0 Å². The van der Waals surface area contributed by atoms with E-state index in [1.54, 1.807) is 0 Å². The van der Waals surface area contributed by atoms with E-state index in [-0.39, 0.29) is 0 Å². The maximum absolute atomic E-state index is 2.44. The molecule has 3 aliphatic rings. The molecule has 0 N–H and O–H groups in total. The molecule has 1 aromatic carbocycles. The molecular weight excluding hydrogens is 216 g/mol.